The quantitative estimate of drug-likeness (QED) is 0.501. The fraction of sp³-hybridized carbons (Fsp3) is 0. The number of aromatic amines is 1. The smallest absolute Gasteiger partial charge is 0.307 e. The minimum atomic E-state index is 0.771. The number of aromatic nitrogens is 2. The molecular formula is C7H8N3+. The zero-order valence-corrected chi connectivity index (χ0v) is 5.41. The number of fused-ring (bicyclic) bond motifs is 1. The van der Waals surface area contributed by atoms with E-state index in [0.29, 0.717) is 0 Å². The van der Waals surface area contributed by atoms with E-state index in [1.165, 1.54) is 0 Å². The lowest BCUT2D eigenvalue weighted by atomic mass is 10.4. The molecule has 0 spiro atoms. The van der Waals surface area contributed by atoms with E-state index in [1.54, 1.807) is 0 Å². The van der Waals surface area contributed by atoms with Crippen molar-refractivity contribution in [1.29, 1.82) is 0 Å². The Kier molecular flexibility index (Phi) is 0.917. The van der Waals surface area contributed by atoms with Gasteiger partial charge in [-0.1, -0.05) is 0 Å². The molecule has 0 radical (unpaired) electrons. The highest BCUT2D eigenvalue weighted by Gasteiger charge is 2.02. The summed E-state index contributed by atoms with van der Waals surface area (Å²) in [4.78, 5) is 3.03. The van der Waals surface area contributed by atoms with Crippen molar-refractivity contribution in [2.75, 3.05) is 5.73 Å². The number of nitrogens with two attached hydrogens (primary N) is 1. The normalized spacial score (nSPS) is 10.4. The van der Waals surface area contributed by atoms with E-state index in [2.05, 4.69) is 4.98 Å². The van der Waals surface area contributed by atoms with Crippen LogP contribution in [0, 0.1) is 0 Å². The van der Waals surface area contributed by atoms with Gasteiger partial charge in [0.1, 0.15) is 18.1 Å². The number of anilines is 1. The monoisotopic (exact) mass is 134 g/mol. The molecule has 10 heavy (non-hydrogen) atoms. The second-order valence-electron chi connectivity index (χ2n) is 2.18. The summed E-state index contributed by atoms with van der Waals surface area (Å²) in [5, 5.41) is 0. The van der Waals surface area contributed by atoms with Gasteiger partial charge >= 0.3 is 5.65 Å². The summed E-state index contributed by atoms with van der Waals surface area (Å²) in [6, 6.07) is 3.78. The van der Waals surface area contributed by atoms with Crippen molar-refractivity contribution < 1.29 is 4.40 Å². The van der Waals surface area contributed by atoms with Gasteiger partial charge < -0.3 is 5.73 Å². The van der Waals surface area contributed by atoms with E-state index in [1.807, 2.05) is 35.1 Å². The van der Waals surface area contributed by atoms with Crippen LogP contribution in [0.2, 0.25) is 0 Å². The standard InChI is InChI=1S/C7H7N3/c8-6-2-1-4-10-5-3-9-7(6)10/h1-5H,8H2/p+1. The van der Waals surface area contributed by atoms with Gasteiger partial charge in [0.2, 0.25) is 0 Å². The van der Waals surface area contributed by atoms with E-state index >= 15 is 0 Å². The van der Waals surface area contributed by atoms with Crippen LogP contribution in [0.15, 0.2) is 30.7 Å². The largest absolute Gasteiger partial charge is 0.392 e. The third kappa shape index (κ3) is 0.572. The number of hydrogen-bond donors (Lipinski definition) is 2. The Morgan fingerprint density at radius 3 is 3.10 bits per heavy atom. The predicted octanol–water partition coefficient (Wildman–Crippen LogP) is 0.336. The number of rotatable bonds is 0. The molecule has 3 heteroatoms. The highest BCUT2D eigenvalue weighted by atomic mass is 15.0. The van der Waals surface area contributed by atoms with Crippen LogP contribution >= 0.6 is 0 Å². The average molecular weight is 134 g/mol. The van der Waals surface area contributed by atoms with Crippen LogP contribution in [0.3, 0.4) is 0 Å². The summed E-state index contributed by atoms with van der Waals surface area (Å²) < 4.78 is 1.94. The van der Waals surface area contributed by atoms with Crippen LogP contribution in [0.5, 0.6) is 0 Å². The predicted molar refractivity (Wildman–Crippen MR) is 38.4 cm³/mol. The minimum Gasteiger partial charge on any atom is -0.392 e. The van der Waals surface area contributed by atoms with E-state index in [4.69, 9.17) is 5.73 Å². The summed E-state index contributed by atoms with van der Waals surface area (Å²) in [5.41, 5.74) is 7.37. The van der Waals surface area contributed by atoms with Crippen molar-refractivity contribution in [3.63, 3.8) is 0 Å². The lowest BCUT2D eigenvalue weighted by Gasteiger charge is -1.87. The first kappa shape index (κ1) is 5.29. The molecule has 0 fully saturated rings. The summed E-state index contributed by atoms with van der Waals surface area (Å²) in [7, 11) is 0. The first-order chi connectivity index (χ1) is 4.88. The number of nitrogen functional groups attached to an aromatic ring is 1. The van der Waals surface area contributed by atoms with Gasteiger partial charge in [0, 0.05) is 0 Å². The molecule has 3 N–H and O–H groups in total. The molecule has 0 saturated heterocycles. The van der Waals surface area contributed by atoms with Gasteiger partial charge in [-0.3, -0.25) is 0 Å². The Hall–Kier alpha value is -1.51. The summed E-state index contributed by atoms with van der Waals surface area (Å²) in [6.07, 6.45) is 5.72. The molecule has 0 atom stereocenters. The first-order valence-corrected chi connectivity index (χ1v) is 3.11. The Morgan fingerprint density at radius 2 is 2.30 bits per heavy atom. The molecular weight excluding hydrogens is 126 g/mol. The van der Waals surface area contributed by atoms with Crippen LogP contribution in [0.1, 0.15) is 0 Å². The van der Waals surface area contributed by atoms with Crippen molar-refractivity contribution in [2.45, 2.75) is 0 Å². The maximum absolute atomic E-state index is 5.65. The topological polar surface area (TPSA) is 45.9 Å². The molecule has 0 aromatic carbocycles. The molecule has 0 amide bonds. The molecule has 2 aromatic rings. The first-order valence-electron chi connectivity index (χ1n) is 3.11. The van der Waals surface area contributed by atoms with Crippen LogP contribution < -0.4 is 10.1 Å². The Balaban J connectivity index is 2.95. The fourth-order valence-corrected chi connectivity index (χ4v) is 1.02. The van der Waals surface area contributed by atoms with Crippen molar-refractivity contribution in [3.05, 3.63) is 30.7 Å². The van der Waals surface area contributed by atoms with Crippen molar-refractivity contribution in [2.24, 2.45) is 0 Å². The van der Waals surface area contributed by atoms with E-state index in [-0.39, 0.29) is 0 Å². The van der Waals surface area contributed by atoms with E-state index in [9.17, 15) is 0 Å². The SMILES string of the molecule is Nc1ccc[n+]2cc[nH]c12. The number of nitrogens with zero attached hydrogens (tertiary/aromatic N) is 1. The Labute approximate surface area is 58.1 Å². The minimum absolute atomic E-state index is 0.771. The highest BCUT2D eigenvalue weighted by molar-refractivity contribution is 5.58. The van der Waals surface area contributed by atoms with Gasteiger partial charge in [0.25, 0.3) is 0 Å². The zero-order chi connectivity index (χ0) is 6.97. The highest BCUT2D eigenvalue weighted by Crippen LogP contribution is 2.02. The molecule has 2 aromatic heterocycles. The maximum atomic E-state index is 5.65. The molecule has 2 heterocycles. The maximum Gasteiger partial charge on any atom is 0.307 e. The third-order valence-electron chi connectivity index (χ3n) is 1.51. The zero-order valence-electron chi connectivity index (χ0n) is 5.41. The molecule has 0 saturated carbocycles. The number of imidazole rings is 1. The molecule has 3 nitrogen and oxygen atoms in total. The number of hydrogen-bond acceptors (Lipinski definition) is 1. The molecule has 0 aliphatic heterocycles. The molecule has 0 bridgehead atoms. The fourth-order valence-electron chi connectivity index (χ4n) is 1.02. The second-order valence-corrected chi connectivity index (χ2v) is 2.18. The van der Waals surface area contributed by atoms with E-state index in [0.717, 1.165) is 11.3 Å². The molecule has 0 aliphatic rings. The molecule has 0 aliphatic carbocycles. The van der Waals surface area contributed by atoms with Crippen LogP contribution in [-0.2, 0) is 0 Å². The molecule has 2 rings (SSSR count). The average Bonchev–Trinajstić information content (AvgIpc) is 2.36. The van der Waals surface area contributed by atoms with E-state index < -0.39 is 0 Å². The second kappa shape index (κ2) is 1.73. The lowest BCUT2D eigenvalue weighted by Crippen LogP contribution is -2.17. The summed E-state index contributed by atoms with van der Waals surface area (Å²) in [6.45, 7) is 0. The van der Waals surface area contributed by atoms with Crippen molar-refractivity contribution >= 4 is 11.3 Å². The van der Waals surface area contributed by atoms with Gasteiger partial charge in [-0.2, -0.15) is 0 Å². The summed E-state index contributed by atoms with van der Waals surface area (Å²) in [5.74, 6) is 0. The van der Waals surface area contributed by atoms with Crippen LogP contribution in [0.25, 0.3) is 5.65 Å². The van der Waals surface area contributed by atoms with Gasteiger partial charge in [0.05, 0.1) is 6.20 Å². The van der Waals surface area contributed by atoms with Gasteiger partial charge in [-0.05, 0) is 12.1 Å². The van der Waals surface area contributed by atoms with Gasteiger partial charge in [-0.15, -0.1) is 0 Å². The van der Waals surface area contributed by atoms with Crippen molar-refractivity contribution in [1.82, 2.24) is 4.98 Å². The summed E-state index contributed by atoms with van der Waals surface area (Å²) >= 11 is 0. The van der Waals surface area contributed by atoms with Gasteiger partial charge in [-0.25, -0.2) is 9.38 Å². The van der Waals surface area contributed by atoms with Crippen LogP contribution in [0.4, 0.5) is 5.69 Å². The van der Waals surface area contributed by atoms with Gasteiger partial charge in [0.15, 0.2) is 0 Å². The van der Waals surface area contributed by atoms with Crippen molar-refractivity contribution in [3.8, 4) is 0 Å². The molecule has 0 unspecified atom stereocenters. The Morgan fingerprint density at radius 1 is 1.40 bits per heavy atom. The third-order valence-corrected chi connectivity index (χ3v) is 1.51. The lowest BCUT2D eigenvalue weighted by molar-refractivity contribution is -0.509. The number of H-pyrrole nitrogens is 1. The molecule has 50 valence electrons. The number of pyridine rings is 1. The number of nitrogens with one attached hydrogen (secondary N) is 1. The Bertz CT molecular complexity index is 350. The van der Waals surface area contributed by atoms with Crippen LogP contribution in [-0.4, -0.2) is 4.98 Å².